The van der Waals surface area contributed by atoms with E-state index in [9.17, 15) is 13.2 Å². The summed E-state index contributed by atoms with van der Waals surface area (Å²) >= 11 is 5.97. The molecule has 0 saturated carbocycles. The molecule has 8 heteroatoms. The summed E-state index contributed by atoms with van der Waals surface area (Å²) in [6.07, 6.45) is 3.86. The van der Waals surface area contributed by atoms with E-state index >= 15 is 0 Å². The predicted molar refractivity (Wildman–Crippen MR) is 114 cm³/mol. The van der Waals surface area contributed by atoms with Gasteiger partial charge in [0, 0.05) is 18.1 Å². The second kappa shape index (κ2) is 8.16. The molecule has 1 saturated heterocycles. The first-order chi connectivity index (χ1) is 14.0. The van der Waals surface area contributed by atoms with E-state index in [0.717, 1.165) is 31.2 Å². The van der Waals surface area contributed by atoms with Crippen molar-refractivity contribution in [3.8, 4) is 0 Å². The molecular weight excluding hydrogens is 410 g/mol. The molecule has 2 aromatic carbocycles. The van der Waals surface area contributed by atoms with Crippen molar-refractivity contribution in [2.75, 3.05) is 18.1 Å². The molecule has 1 fully saturated rings. The molecule has 2 aliphatic rings. The molecule has 2 heterocycles. The Hall–Kier alpha value is -2.38. The van der Waals surface area contributed by atoms with Gasteiger partial charge in [-0.15, -0.1) is 0 Å². The standard InChI is InChI=1S/C21H22ClN3O3S/c22-17-11-9-16(10-12-17)15-25-18-7-3-4-8-19(18)29(27,28)20(23-25)21(26)24-13-5-1-2-6-14-24/h3-4,7-12H,1-2,5-6,13-15H2. The minimum atomic E-state index is -3.98. The SMILES string of the molecule is O=C(C1=NN(Cc2ccc(Cl)cc2)c2ccccc2S1(=O)=O)N1CCCCCC1. The van der Waals surface area contributed by atoms with E-state index in [1.54, 1.807) is 40.2 Å². The van der Waals surface area contributed by atoms with Crippen LogP contribution in [0.15, 0.2) is 58.5 Å². The molecule has 0 atom stereocenters. The molecule has 0 unspecified atom stereocenters. The van der Waals surface area contributed by atoms with E-state index in [4.69, 9.17) is 11.6 Å². The van der Waals surface area contributed by atoms with Crippen LogP contribution in [0, 0.1) is 0 Å². The predicted octanol–water partition coefficient (Wildman–Crippen LogP) is 3.85. The van der Waals surface area contributed by atoms with Gasteiger partial charge in [-0.3, -0.25) is 9.80 Å². The summed E-state index contributed by atoms with van der Waals surface area (Å²) in [5, 5.41) is 6.15. The van der Waals surface area contributed by atoms with E-state index < -0.39 is 20.8 Å². The van der Waals surface area contributed by atoms with Crippen LogP contribution >= 0.6 is 11.6 Å². The Bertz CT molecular complexity index is 1040. The number of likely N-dealkylation sites (tertiary alicyclic amines) is 1. The summed E-state index contributed by atoms with van der Waals surface area (Å²) in [5.41, 5.74) is 1.38. The van der Waals surface area contributed by atoms with Crippen molar-refractivity contribution >= 4 is 38.1 Å². The second-order valence-electron chi connectivity index (χ2n) is 7.27. The maximum atomic E-state index is 13.2. The quantitative estimate of drug-likeness (QED) is 0.740. The molecule has 0 aromatic heterocycles. The number of hydrazone groups is 1. The third kappa shape index (κ3) is 4.02. The number of carbonyl (C=O) groups is 1. The van der Waals surface area contributed by atoms with Gasteiger partial charge in [0.25, 0.3) is 5.91 Å². The zero-order valence-corrected chi connectivity index (χ0v) is 17.5. The minimum Gasteiger partial charge on any atom is -0.337 e. The lowest BCUT2D eigenvalue weighted by Gasteiger charge is -2.29. The first kappa shape index (κ1) is 19.9. The van der Waals surface area contributed by atoms with E-state index in [0.29, 0.717) is 30.3 Å². The third-order valence-corrected chi connectivity index (χ3v) is 7.16. The number of anilines is 1. The first-order valence-electron chi connectivity index (χ1n) is 9.71. The van der Waals surface area contributed by atoms with Gasteiger partial charge in [-0.25, -0.2) is 8.42 Å². The van der Waals surface area contributed by atoms with Crippen molar-refractivity contribution in [2.24, 2.45) is 5.10 Å². The van der Waals surface area contributed by atoms with Crippen LogP contribution in [0.25, 0.3) is 0 Å². The molecular formula is C21H22ClN3O3S. The van der Waals surface area contributed by atoms with Crippen LogP contribution in [0.3, 0.4) is 0 Å². The molecule has 2 aliphatic heterocycles. The summed E-state index contributed by atoms with van der Waals surface area (Å²) in [6, 6.07) is 13.9. The molecule has 0 radical (unpaired) electrons. The van der Waals surface area contributed by atoms with Crippen molar-refractivity contribution < 1.29 is 13.2 Å². The van der Waals surface area contributed by atoms with Crippen LogP contribution in [0.1, 0.15) is 31.2 Å². The number of carbonyl (C=O) groups excluding carboxylic acids is 1. The first-order valence-corrected chi connectivity index (χ1v) is 11.6. The summed E-state index contributed by atoms with van der Waals surface area (Å²) in [6.45, 7) is 1.46. The van der Waals surface area contributed by atoms with Crippen LogP contribution in [0.4, 0.5) is 5.69 Å². The van der Waals surface area contributed by atoms with E-state index in [2.05, 4.69) is 5.10 Å². The van der Waals surface area contributed by atoms with Crippen molar-refractivity contribution in [1.29, 1.82) is 0 Å². The molecule has 152 valence electrons. The maximum absolute atomic E-state index is 13.2. The minimum absolute atomic E-state index is 0.113. The number of nitrogens with zero attached hydrogens (tertiary/aromatic N) is 3. The lowest BCUT2D eigenvalue weighted by molar-refractivity contribution is -0.123. The fourth-order valence-electron chi connectivity index (χ4n) is 3.67. The molecule has 0 spiro atoms. The number of para-hydroxylation sites is 1. The Balaban J connectivity index is 1.74. The summed E-state index contributed by atoms with van der Waals surface area (Å²) < 4.78 is 26.4. The normalized spacial score (nSPS) is 18.6. The Morgan fingerprint density at radius 1 is 0.966 bits per heavy atom. The van der Waals surface area contributed by atoms with E-state index in [-0.39, 0.29) is 4.90 Å². The van der Waals surface area contributed by atoms with Gasteiger partial charge in [0.1, 0.15) is 0 Å². The molecule has 6 nitrogen and oxygen atoms in total. The van der Waals surface area contributed by atoms with Crippen molar-refractivity contribution in [3.63, 3.8) is 0 Å². The monoisotopic (exact) mass is 431 g/mol. The van der Waals surface area contributed by atoms with Gasteiger partial charge in [-0.1, -0.05) is 48.7 Å². The van der Waals surface area contributed by atoms with Gasteiger partial charge in [0.2, 0.25) is 14.9 Å². The van der Waals surface area contributed by atoms with E-state index in [1.165, 1.54) is 6.07 Å². The molecule has 29 heavy (non-hydrogen) atoms. The highest BCUT2D eigenvalue weighted by molar-refractivity contribution is 8.08. The summed E-state index contributed by atoms with van der Waals surface area (Å²) in [7, 11) is -3.98. The second-order valence-corrected chi connectivity index (χ2v) is 9.54. The number of halogens is 1. The van der Waals surface area contributed by atoms with Gasteiger partial charge in [-0.05, 0) is 42.7 Å². The number of hydrogen-bond acceptors (Lipinski definition) is 5. The topological polar surface area (TPSA) is 70.0 Å². The number of amides is 1. The van der Waals surface area contributed by atoms with Crippen LogP contribution in [0.5, 0.6) is 0 Å². The van der Waals surface area contributed by atoms with Gasteiger partial charge < -0.3 is 4.90 Å². The van der Waals surface area contributed by atoms with E-state index in [1.807, 2.05) is 12.1 Å². The Labute approximate surface area is 175 Å². The zero-order chi connectivity index (χ0) is 20.4. The fourth-order valence-corrected chi connectivity index (χ4v) is 5.27. The van der Waals surface area contributed by atoms with Gasteiger partial charge >= 0.3 is 0 Å². The van der Waals surface area contributed by atoms with Crippen LogP contribution < -0.4 is 5.01 Å². The number of rotatable bonds is 3. The average molecular weight is 432 g/mol. The maximum Gasteiger partial charge on any atom is 0.286 e. The molecule has 2 aromatic rings. The van der Waals surface area contributed by atoms with Crippen LogP contribution in [0.2, 0.25) is 5.02 Å². The molecule has 0 aliphatic carbocycles. The Morgan fingerprint density at radius 3 is 2.31 bits per heavy atom. The number of sulfone groups is 1. The van der Waals surface area contributed by atoms with Gasteiger partial charge in [-0.2, -0.15) is 5.10 Å². The smallest absolute Gasteiger partial charge is 0.286 e. The van der Waals surface area contributed by atoms with Gasteiger partial charge in [0.05, 0.1) is 17.1 Å². The Morgan fingerprint density at radius 2 is 1.62 bits per heavy atom. The third-order valence-electron chi connectivity index (χ3n) is 5.22. The Kier molecular flexibility index (Phi) is 5.61. The fraction of sp³-hybridized carbons (Fsp3) is 0.333. The molecule has 1 amide bonds. The lowest BCUT2D eigenvalue weighted by atomic mass is 10.2. The highest BCUT2D eigenvalue weighted by Gasteiger charge is 2.39. The van der Waals surface area contributed by atoms with Crippen LogP contribution in [-0.2, 0) is 21.2 Å². The average Bonchev–Trinajstić information content (AvgIpc) is 3.01. The summed E-state index contributed by atoms with van der Waals surface area (Å²) in [5.74, 6) is -0.512. The van der Waals surface area contributed by atoms with Crippen molar-refractivity contribution in [2.45, 2.75) is 37.1 Å². The molecule has 0 bridgehead atoms. The number of fused-ring (bicyclic) bond motifs is 1. The van der Waals surface area contributed by atoms with Crippen molar-refractivity contribution in [1.82, 2.24) is 4.90 Å². The largest absolute Gasteiger partial charge is 0.337 e. The highest BCUT2D eigenvalue weighted by Crippen LogP contribution is 2.33. The molecule has 0 N–H and O–H groups in total. The highest BCUT2D eigenvalue weighted by atomic mass is 35.5. The number of benzene rings is 2. The van der Waals surface area contributed by atoms with Crippen molar-refractivity contribution in [3.05, 3.63) is 59.1 Å². The van der Waals surface area contributed by atoms with Gasteiger partial charge in [0.15, 0.2) is 0 Å². The molecule has 4 rings (SSSR count). The van der Waals surface area contributed by atoms with Crippen LogP contribution in [-0.4, -0.2) is 37.4 Å². The summed E-state index contributed by atoms with van der Waals surface area (Å²) in [4.78, 5) is 14.9. The number of hydrogen-bond donors (Lipinski definition) is 0. The zero-order valence-electron chi connectivity index (χ0n) is 15.9. The lowest BCUT2D eigenvalue weighted by Crippen LogP contribution is -2.43.